The molecule has 0 bridgehead atoms. The molecule has 150 valence electrons. The highest BCUT2D eigenvalue weighted by molar-refractivity contribution is 5.64. The Hall–Kier alpha value is -3.01. The monoisotopic (exact) mass is 387 g/mol. The topological polar surface area (TPSA) is 46.8 Å². The molecule has 0 saturated carbocycles. The highest BCUT2D eigenvalue weighted by Crippen LogP contribution is 2.25. The molecule has 1 heterocycles. The van der Waals surface area contributed by atoms with Crippen LogP contribution < -0.4 is 4.74 Å². The summed E-state index contributed by atoms with van der Waals surface area (Å²) in [6.07, 6.45) is 8.49. The van der Waals surface area contributed by atoms with Gasteiger partial charge in [-0.25, -0.2) is 0 Å². The highest BCUT2D eigenvalue weighted by atomic mass is 16.5. The number of aromatic nitrogens is 1. The Morgan fingerprint density at radius 3 is 1.97 bits per heavy atom. The van der Waals surface area contributed by atoms with Gasteiger partial charge >= 0.3 is 0 Å². The number of unbranched alkanes of at least 4 members (excludes halogenated alkanes) is 1. The second kappa shape index (κ2) is 11.1. The number of pyridine rings is 1. The first-order chi connectivity index (χ1) is 14.3. The zero-order chi connectivity index (χ0) is 20.3. The van der Waals surface area contributed by atoms with E-state index < -0.39 is 0 Å². The third-order valence-electron chi connectivity index (χ3n) is 5.03. The van der Waals surface area contributed by atoms with Crippen molar-refractivity contribution in [2.75, 3.05) is 6.61 Å². The van der Waals surface area contributed by atoms with Crippen molar-refractivity contribution in [3.8, 4) is 16.9 Å². The number of nitrogens with zero attached hydrogens (tertiary/aromatic N) is 3. The van der Waals surface area contributed by atoms with Crippen LogP contribution in [0, 0.1) is 5.92 Å². The van der Waals surface area contributed by atoms with Crippen LogP contribution in [0.25, 0.3) is 11.1 Å². The highest BCUT2D eigenvalue weighted by Gasteiger charge is 2.07. The van der Waals surface area contributed by atoms with Crippen LogP contribution >= 0.6 is 0 Å². The Morgan fingerprint density at radius 1 is 0.793 bits per heavy atom. The van der Waals surface area contributed by atoms with Gasteiger partial charge in [-0.05, 0) is 72.0 Å². The van der Waals surface area contributed by atoms with Crippen molar-refractivity contribution in [3.63, 3.8) is 0 Å². The zero-order valence-corrected chi connectivity index (χ0v) is 17.3. The van der Waals surface area contributed by atoms with Gasteiger partial charge in [-0.2, -0.15) is 10.2 Å². The Morgan fingerprint density at radius 2 is 1.38 bits per heavy atom. The molecule has 3 aromatic rings. The van der Waals surface area contributed by atoms with E-state index in [1.54, 1.807) is 12.4 Å². The normalized spacial score (nSPS) is 12.2. The summed E-state index contributed by atoms with van der Waals surface area (Å²) in [4.78, 5) is 4.05. The molecule has 4 nitrogen and oxygen atoms in total. The van der Waals surface area contributed by atoms with Crippen molar-refractivity contribution in [2.24, 2.45) is 16.1 Å². The maximum absolute atomic E-state index is 5.95. The summed E-state index contributed by atoms with van der Waals surface area (Å²) >= 11 is 0. The molecule has 29 heavy (non-hydrogen) atoms. The van der Waals surface area contributed by atoms with Gasteiger partial charge < -0.3 is 4.74 Å². The molecular formula is C25H29N3O. The fourth-order valence-electron chi connectivity index (χ4n) is 3.10. The molecule has 0 aliphatic rings. The summed E-state index contributed by atoms with van der Waals surface area (Å²) in [5, 5.41) is 8.67. The van der Waals surface area contributed by atoms with Crippen LogP contribution in [0.1, 0.15) is 39.5 Å². The number of rotatable bonds is 10. The first-order valence-electron chi connectivity index (χ1n) is 10.4. The molecule has 0 aliphatic heterocycles. The maximum atomic E-state index is 5.95. The number of hydrogen-bond donors (Lipinski definition) is 0. The minimum absolute atomic E-state index is 0.629. The molecule has 1 unspecified atom stereocenters. The summed E-state index contributed by atoms with van der Waals surface area (Å²) in [7, 11) is 0. The van der Waals surface area contributed by atoms with Gasteiger partial charge in [0.15, 0.2) is 0 Å². The van der Waals surface area contributed by atoms with Crippen LogP contribution in [0.4, 0.5) is 11.4 Å². The lowest BCUT2D eigenvalue weighted by molar-refractivity contribution is 0.233. The van der Waals surface area contributed by atoms with E-state index in [0.717, 1.165) is 41.3 Å². The van der Waals surface area contributed by atoms with Gasteiger partial charge in [0.05, 0.1) is 18.0 Å². The van der Waals surface area contributed by atoms with Crippen molar-refractivity contribution >= 4 is 11.4 Å². The summed E-state index contributed by atoms with van der Waals surface area (Å²) in [5.41, 5.74) is 3.91. The molecule has 0 fully saturated rings. The molecule has 1 atom stereocenters. The molecule has 2 aromatic carbocycles. The average Bonchev–Trinajstić information content (AvgIpc) is 2.79. The SMILES string of the molecule is CCCCC(CC)COc1ccc(/N=N/c2ccc(-c3ccncc3)cc2)cc1. The molecule has 0 N–H and O–H groups in total. The van der Waals surface area contributed by atoms with Crippen molar-refractivity contribution in [1.29, 1.82) is 0 Å². The van der Waals surface area contributed by atoms with E-state index >= 15 is 0 Å². The Kier molecular flexibility index (Phi) is 7.93. The van der Waals surface area contributed by atoms with Gasteiger partial charge in [0.1, 0.15) is 5.75 Å². The fourth-order valence-corrected chi connectivity index (χ4v) is 3.10. The molecule has 0 aliphatic carbocycles. The third kappa shape index (κ3) is 6.53. The predicted octanol–water partition coefficient (Wildman–Crippen LogP) is 7.76. The molecule has 1 aromatic heterocycles. The summed E-state index contributed by atoms with van der Waals surface area (Å²) in [5.74, 6) is 1.52. The molecule has 0 spiro atoms. The lowest BCUT2D eigenvalue weighted by atomic mass is 10.0. The number of azo groups is 1. The standard InChI is InChI=1S/C25H29N3O/c1-3-5-6-20(4-2)19-29-25-13-11-24(12-14-25)28-27-23-9-7-21(8-10-23)22-15-17-26-18-16-22/h7-18,20H,3-6,19H2,1-2H3/b28-27+. The van der Waals surface area contributed by atoms with Gasteiger partial charge in [-0.1, -0.05) is 45.2 Å². The largest absolute Gasteiger partial charge is 0.493 e. The second-order valence-corrected chi connectivity index (χ2v) is 7.20. The minimum atomic E-state index is 0.629. The minimum Gasteiger partial charge on any atom is -0.493 e. The predicted molar refractivity (Wildman–Crippen MR) is 119 cm³/mol. The van der Waals surface area contributed by atoms with E-state index in [2.05, 4.69) is 29.1 Å². The molecule has 0 radical (unpaired) electrons. The van der Waals surface area contributed by atoms with Gasteiger partial charge in [-0.15, -0.1) is 0 Å². The van der Waals surface area contributed by atoms with Crippen LogP contribution in [0.3, 0.4) is 0 Å². The van der Waals surface area contributed by atoms with E-state index in [0.29, 0.717) is 5.92 Å². The van der Waals surface area contributed by atoms with Gasteiger partial charge in [0, 0.05) is 12.4 Å². The van der Waals surface area contributed by atoms with Crippen molar-refractivity contribution in [1.82, 2.24) is 4.98 Å². The molecular weight excluding hydrogens is 358 g/mol. The molecule has 0 amide bonds. The lowest BCUT2D eigenvalue weighted by Crippen LogP contribution is -2.11. The Bertz CT molecular complexity index is 874. The number of ether oxygens (including phenoxy) is 1. The van der Waals surface area contributed by atoms with Crippen molar-refractivity contribution < 1.29 is 4.74 Å². The smallest absolute Gasteiger partial charge is 0.119 e. The first kappa shape index (κ1) is 20.7. The maximum Gasteiger partial charge on any atom is 0.119 e. The van der Waals surface area contributed by atoms with Gasteiger partial charge in [-0.3, -0.25) is 4.98 Å². The molecule has 3 rings (SSSR count). The summed E-state index contributed by atoms with van der Waals surface area (Å²) in [6.45, 7) is 5.24. The summed E-state index contributed by atoms with van der Waals surface area (Å²) in [6, 6.07) is 19.8. The quantitative estimate of drug-likeness (QED) is 0.334. The van der Waals surface area contributed by atoms with Crippen LogP contribution in [-0.4, -0.2) is 11.6 Å². The van der Waals surface area contributed by atoms with Crippen LogP contribution in [0.5, 0.6) is 5.75 Å². The Labute approximate surface area is 173 Å². The van der Waals surface area contributed by atoms with Crippen molar-refractivity contribution in [3.05, 3.63) is 73.1 Å². The summed E-state index contributed by atoms with van der Waals surface area (Å²) < 4.78 is 5.95. The third-order valence-corrected chi connectivity index (χ3v) is 5.03. The average molecular weight is 388 g/mol. The second-order valence-electron chi connectivity index (χ2n) is 7.20. The lowest BCUT2D eigenvalue weighted by Gasteiger charge is -2.15. The van der Waals surface area contributed by atoms with E-state index in [1.165, 1.54) is 19.3 Å². The van der Waals surface area contributed by atoms with E-state index in [1.807, 2.05) is 60.7 Å². The first-order valence-corrected chi connectivity index (χ1v) is 10.4. The van der Waals surface area contributed by atoms with Crippen LogP contribution in [-0.2, 0) is 0 Å². The van der Waals surface area contributed by atoms with E-state index in [-0.39, 0.29) is 0 Å². The van der Waals surface area contributed by atoms with E-state index in [9.17, 15) is 0 Å². The number of hydrogen-bond acceptors (Lipinski definition) is 4. The Balaban J connectivity index is 1.54. The zero-order valence-electron chi connectivity index (χ0n) is 17.3. The fraction of sp³-hybridized carbons (Fsp3) is 0.320. The van der Waals surface area contributed by atoms with Crippen molar-refractivity contribution in [2.45, 2.75) is 39.5 Å². The molecule has 0 saturated heterocycles. The number of benzene rings is 2. The molecule has 4 heteroatoms. The van der Waals surface area contributed by atoms with Gasteiger partial charge in [0.2, 0.25) is 0 Å². The van der Waals surface area contributed by atoms with E-state index in [4.69, 9.17) is 4.74 Å². The van der Waals surface area contributed by atoms with Gasteiger partial charge in [0.25, 0.3) is 0 Å². The van der Waals surface area contributed by atoms with Crippen LogP contribution in [0.15, 0.2) is 83.3 Å². The van der Waals surface area contributed by atoms with Crippen LogP contribution in [0.2, 0.25) is 0 Å².